The van der Waals surface area contributed by atoms with Crippen LogP contribution in [0.3, 0.4) is 0 Å². The summed E-state index contributed by atoms with van der Waals surface area (Å²) >= 11 is 7.07. The van der Waals surface area contributed by atoms with Gasteiger partial charge in [0.15, 0.2) is 5.58 Å². The van der Waals surface area contributed by atoms with E-state index in [1.807, 2.05) is 18.2 Å². The fourth-order valence-electron chi connectivity index (χ4n) is 2.03. The normalized spacial score (nSPS) is 12.7. The van der Waals surface area contributed by atoms with Crippen LogP contribution in [0.2, 0.25) is 0 Å². The standard InChI is InChI=1S/C15H11Br2NO2/c16-8-12(17)11-2-1-3-13-14(11)20-15(18-13)9-4-6-10(19)7-5-9/h1-7,12,19H,8H2. The van der Waals surface area contributed by atoms with Gasteiger partial charge in [-0.3, -0.25) is 0 Å². The fraction of sp³-hybridized carbons (Fsp3) is 0.133. The molecule has 0 aliphatic heterocycles. The van der Waals surface area contributed by atoms with Crippen molar-refractivity contribution < 1.29 is 9.52 Å². The van der Waals surface area contributed by atoms with E-state index in [9.17, 15) is 5.11 Å². The van der Waals surface area contributed by atoms with E-state index in [4.69, 9.17) is 4.42 Å². The van der Waals surface area contributed by atoms with Crippen molar-refractivity contribution in [2.45, 2.75) is 4.83 Å². The van der Waals surface area contributed by atoms with Crippen LogP contribution in [-0.4, -0.2) is 15.4 Å². The number of rotatable bonds is 3. The molecule has 20 heavy (non-hydrogen) atoms. The second-order valence-corrected chi connectivity index (χ2v) is 6.14. The van der Waals surface area contributed by atoms with E-state index >= 15 is 0 Å². The number of aromatic hydroxyl groups is 1. The Hall–Kier alpha value is -1.33. The average molecular weight is 397 g/mol. The number of para-hydroxylation sites is 1. The van der Waals surface area contributed by atoms with Crippen LogP contribution in [0.1, 0.15) is 10.4 Å². The Labute approximate surface area is 132 Å². The number of oxazole rings is 1. The van der Waals surface area contributed by atoms with Crippen LogP contribution in [0, 0.1) is 0 Å². The maximum atomic E-state index is 9.33. The zero-order chi connectivity index (χ0) is 14.1. The SMILES string of the molecule is Oc1ccc(-c2nc3cccc(C(Br)CBr)c3o2)cc1. The van der Waals surface area contributed by atoms with Gasteiger partial charge in [0.25, 0.3) is 0 Å². The third-order valence-electron chi connectivity index (χ3n) is 3.03. The number of hydrogen-bond donors (Lipinski definition) is 1. The fourth-order valence-corrected chi connectivity index (χ4v) is 2.74. The molecule has 1 atom stereocenters. The van der Waals surface area contributed by atoms with Gasteiger partial charge >= 0.3 is 0 Å². The molecule has 0 fully saturated rings. The lowest BCUT2D eigenvalue weighted by molar-refractivity contribution is 0.475. The first kappa shape index (κ1) is 13.6. The molecule has 3 rings (SSSR count). The maximum absolute atomic E-state index is 9.33. The molecule has 1 heterocycles. The summed E-state index contributed by atoms with van der Waals surface area (Å²) in [5, 5.41) is 10.1. The molecule has 1 unspecified atom stereocenters. The van der Waals surface area contributed by atoms with Crippen molar-refractivity contribution in [2.75, 3.05) is 5.33 Å². The number of nitrogens with zero attached hydrogens (tertiary/aromatic N) is 1. The third-order valence-corrected chi connectivity index (χ3v) is 5.37. The molecular formula is C15H11Br2NO2. The third kappa shape index (κ3) is 2.47. The molecule has 0 saturated heterocycles. The van der Waals surface area contributed by atoms with Gasteiger partial charge in [0.1, 0.15) is 11.3 Å². The van der Waals surface area contributed by atoms with Crippen molar-refractivity contribution >= 4 is 43.0 Å². The quantitative estimate of drug-likeness (QED) is 0.631. The Bertz CT molecular complexity index is 737. The topological polar surface area (TPSA) is 46.3 Å². The van der Waals surface area contributed by atoms with Gasteiger partial charge in [-0.25, -0.2) is 4.98 Å². The number of aromatic nitrogens is 1. The molecule has 0 spiro atoms. The minimum absolute atomic E-state index is 0.173. The highest BCUT2D eigenvalue weighted by Gasteiger charge is 2.15. The van der Waals surface area contributed by atoms with Gasteiger partial charge < -0.3 is 9.52 Å². The van der Waals surface area contributed by atoms with Gasteiger partial charge in [-0.05, 0) is 30.3 Å². The summed E-state index contributed by atoms with van der Waals surface area (Å²) in [5.74, 6) is 0.784. The van der Waals surface area contributed by atoms with Crippen LogP contribution in [0.5, 0.6) is 5.75 Å². The molecule has 0 radical (unpaired) electrons. The van der Waals surface area contributed by atoms with Crippen LogP contribution < -0.4 is 0 Å². The highest BCUT2D eigenvalue weighted by atomic mass is 79.9. The summed E-state index contributed by atoms with van der Waals surface area (Å²) in [6.45, 7) is 0. The molecule has 3 aromatic rings. The predicted molar refractivity (Wildman–Crippen MR) is 86.6 cm³/mol. The van der Waals surface area contributed by atoms with Crippen molar-refractivity contribution in [1.82, 2.24) is 4.98 Å². The van der Waals surface area contributed by atoms with E-state index < -0.39 is 0 Å². The zero-order valence-electron chi connectivity index (χ0n) is 10.4. The van der Waals surface area contributed by atoms with Crippen LogP contribution >= 0.6 is 31.9 Å². The molecule has 102 valence electrons. The minimum Gasteiger partial charge on any atom is -0.508 e. The monoisotopic (exact) mass is 395 g/mol. The molecular weight excluding hydrogens is 386 g/mol. The number of phenolic OH excluding ortho intramolecular Hbond substituents is 1. The van der Waals surface area contributed by atoms with E-state index in [0.29, 0.717) is 5.89 Å². The Morgan fingerprint density at radius 1 is 1.15 bits per heavy atom. The summed E-state index contributed by atoms with van der Waals surface area (Å²) in [6, 6.07) is 12.7. The first-order chi connectivity index (χ1) is 9.69. The highest BCUT2D eigenvalue weighted by Crippen LogP contribution is 2.34. The van der Waals surface area contributed by atoms with Crippen molar-refractivity contribution in [3.63, 3.8) is 0 Å². The van der Waals surface area contributed by atoms with Crippen molar-refractivity contribution in [3.8, 4) is 17.2 Å². The maximum Gasteiger partial charge on any atom is 0.227 e. The number of hydrogen-bond acceptors (Lipinski definition) is 3. The number of phenols is 1. The highest BCUT2D eigenvalue weighted by molar-refractivity contribution is 9.12. The average Bonchev–Trinajstić information content (AvgIpc) is 2.91. The molecule has 1 N–H and O–H groups in total. The first-order valence-corrected chi connectivity index (χ1v) is 8.11. The van der Waals surface area contributed by atoms with Crippen molar-refractivity contribution in [1.29, 1.82) is 0 Å². The van der Waals surface area contributed by atoms with Crippen molar-refractivity contribution in [2.24, 2.45) is 0 Å². The smallest absolute Gasteiger partial charge is 0.227 e. The van der Waals surface area contributed by atoms with Crippen LogP contribution in [0.25, 0.3) is 22.6 Å². The Morgan fingerprint density at radius 2 is 1.90 bits per heavy atom. The molecule has 2 aromatic carbocycles. The Morgan fingerprint density at radius 3 is 2.60 bits per heavy atom. The van der Waals surface area contributed by atoms with Crippen LogP contribution in [0.4, 0.5) is 0 Å². The van der Waals surface area contributed by atoms with E-state index in [1.54, 1.807) is 24.3 Å². The largest absolute Gasteiger partial charge is 0.508 e. The Kier molecular flexibility index (Phi) is 3.81. The number of halogens is 2. The summed E-state index contributed by atoms with van der Waals surface area (Å²) < 4.78 is 5.90. The molecule has 1 aromatic heterocycles. The molecule has 0 aliphatic rings. The Balaban J connectivity index is 2.13. The first-order valence-electron chi connectivity index (χ1n) is 6.08. The van der Waals surface area contributed by atoms with E-state index in [0.717, 1.165) is 27.6 Å². The van der Waals surface area contributed by atoms with E-state index in [-0.39, 0.29) is 10.6 Å². The number of fused-ring (bicyclic) bond motifs is 1. The molecule has 0 bridgehead atoms. The van der Waals surface area contributed by atoms with Gasteiger partial charge in [0.05, 0.1) is 4.83 Å². The molecule has 0 saturated carbocycles. The predicted octanol–water partition coefficient (Wildman–Crippen LogP) is 5.03. The summed E-state index contributed by atoms with van der Waals surface area (Å²) in [6.07, 6.45) is 0. The summed E-state index contributed by atoms with van der Waals surface area (Å²) in [5.41, 5.74) is 3.53. The zero-order valence-corrected chi connectivity index (χ0v) is 13.6. The van der Waals surface area contributed by atoms with Crippen LogP contribution in [0.15, 0.2) is 46.9 Å². The molecule has 3 nitrogen and oxygen atoms in total. The second kappa shape index (κ2) is 5.58. The van der Waals surface area contributed by atoms with Gasteiger partial charge in [-0.15, -0.1) is 0 Å². The second-order valence-electron chi connectivity index (χ2n) is 4.38. The number of benzene rings is 2. The van der Waals surface area contributed by atoms with Crippen molar-refractivity contribution in [3.05, 3.63) is 48.0 Å². The van der Waals surface area contributed by atoms with E-state index in [2.05, 4.69) is 36.8 Å². The minimum atomic E-state index is 0.173. The van der Waals surface area contributed by atoms with Gasteiger partial charge in [0, 0.05) is 16.5 Å². The van der Waals surface area contributed by atoms with Crippen LogP contribution in [-0.2, 0) is 0 Å². The molecule has 0 aliphatic carbocycles. The number of alkyl halides is 2. The lowest BCUT2D eigenvalue weighted by atomic mass is 10.1. The van der Waals surface area contributed by atoms with Gasteiger partial charge in [-0.2, -0.15) is 0 Å². The molecule has 0 amide bonds. The van der Waals surface area contributed by atoms with Gasteiger partial charge in [0.2, 0.25) is 5.89 Å². The summed E-state index contributed by atoms with van der Waals surface area (Å²) in [7, 11) is 0. The summed E-state index contributed by atoms with van der Waals surface area (Å²) in [4.78, 5) is 4.68. The van der Waals surface area contributed by atoms with E-state index in [1.165, 1.54) is 0 Å². The lowest BCUT2D eigenvalue weighted by Crippen LogP contribution is -1.90. The van der Waals surface area contributed by atoms with Gasteiger partial charge in [-0.1, -0.05) is 44.0 Å². The lowest BCUT2D eigenvalue weighted by Gasteiger charge is -2.05. The molecule has 5 heteroatoms.